The Bertz CT molecular complexity index is 477. The quantitative estimate of drug-likeness (QED) is 0.669. The van der Waals surface area contributed by atoms with E-state index >= 15 is 0 Å². The minimum atomic E-state index is -1.33. The molecule has 3 nitrogen and oxygen atoms in total. The van der Waals surface area contributed by atoms with Crippen LogP contribution in [0, 0.1) is 6.57 Å². The van der Waals surface area contributed by atoms with Crippen LogP contribution in [0.4, 0.5) is 0 Å². The van der Waals surface area contributed by atoms with Crippen molar-refractivity contribution >= 4 is 38.5 Å². The standard InChI is InChI=1S/C10H5BrClNO2/c1-13-9(10(14)15)8(12)6-4-2-3-5-7(6)11/h2-5H,(H,14,15)/b9-8-. The number of rotatable bonds is 2. The molecule has 5 heteroatoms. The lowest BCUT2D eigenvalue weighted by atomic mass is 10.2. The Morgan fingerprint density at radius 1 is 1.47 bits per heavy atom. The first-order valence-corrected chi connectivity index (χ1v) is 5.00. The highest BCUT2D eigenvalue weighted by Crippen LogP contribution is 2.30. The van der Waals surface area contributed by atoms with Gasteiger partial charge in [-0.15, -0.1) is 0 Å². The number of benzene rings is 1. The SMILES string of the molecule is [C-]#[N+]/C(C(=O)O)=C(\Cl)c1ccccc1Br. The summed E-state index contributed by atoms with van der Waals surface area (Å²) >= 11 is 9.06. The molecule has 1 rings (SSSR count). The van der Waals surface area contributed by atoms with Crippen molar-refractivity contribution in [3.05, 3.63) is 51.4 Å². The molecule has 0 aliphatic rings. The minimum absolute atomic E-state index is 0.0648. The van der Waals surface area contributed by atoms with E-state index < -0.39 is 11.7 Å². The second kappa shape index (κ2) is 4.96. The molecule has 1 aromatic carbocycles. The van der Waals surface area contributed by atoms with E-state index in [-0.39, 0.29) is 5.03 Å². The maximum absolute atomic E-state index is 10.7. The lowest BCUT2D eigenvalue weighted by molar-refractivity contribution is -0.132. The van der Waals surface area contributed by atoms with Crippen LogP contribution in [-0.4, -0.2) is 11.1 Å². The van der Waals surface area contributed by atoms with Gasteiger partial charge in [-0.2, -0.15) is 0 Å². The Balaban J connectivity index is 3.37. The number of hydrogen-bond acceptors (Lipinski definition) is 1. The van der Waals surface area contributed by atoms with Crippen LogP contribution in [0.25, 0.3) is 9.88 Å². The Hall–Kier alpha value is -1.31. The van der Waals surface area contributed by atoms with Crippen molar-refractivity contribution in [2.24, 2.45) is 0 Å². The first kappa shape index (κ1) is 11.8. The molecular formula is C10H5BrClNO2. The van der Waals surface area contributed by atoms with E-state index in [1.807, 2.05) is 0 Å². The molecule has 0 atom stereocenters. The van der Waals surface area contributed by atoms with Crippen molar-refractivity contribution in [3.8, 4) is 0 Å². The summed E-state index contributed by atoms with van der Waals surface area (Å²) in [6.07, 6.45) is 0. The van der Waals surface area contributed by atoms with E-state index in [4.69, 9.17) is 23.3 Å². The van der Waals surface area contributed by atoms with Gasteiger partial charge in [0.25, 0.3) is 5.70 Å². The van der Waals surface area contributed by atoms with Crippen LogP contribution in [0.3, 0.4) is 0 Å². The van der Waals surface area contributed by atoms with Crippen LogP contribution < -0.4 is 0 Å². The Kier molecular flexibility index (Phi) is 3.89. The topological polar surface area (TPSA) is 41.7 Å². The molecule has 0 bridgehead atoms. The number of carboxylic acid groups (broad SMARTS) is 1. The first-order valence-electron chi connectivity index (χ1n) is 3.83. The van der Waals surface area contributed by atoms with Crippen LogP contribution in [0.15, 0.2) is 34.4 Å². The highest BCUT2D eigenvalue weighted by molar-refractivity contribution is 9.10. The van der Waals surface area contributed by atoms with Gasteiger partial charge in [0.05, 0.1) is 11.6 Å². The van der Waals surface area contributed by atoms with Crippen LogP contribution in [0.5, 0.6) is 0 Å². The van der Waals surface area contributed by atoms with Crippen molar-refractivity contribution in [2.45, 2.75) is 0 Å². The normalized spacial score (nSPS) is 11.5. The molecule has 0 aliphatic heterocycles. The Labute approximate surface area is 99.9 Å². The molecule has 0 amide bonds. The van der Waals surface area contributed by atoms with E-state index in [1.54, 1.807) is 24.3 Å². The summed E-state index contributed by atoms with van der Waals surface area (Å²) in [5, 5.41) is 8.66. The second-order valence-electron chi connectivity index (χ2n) is 2.56. The Morgan fingerprint density at radius 3 is 2.53 bits per heavy atom. The Morgan fingerprint density at radius 2 is 2.07 bits per heavy atom. The lowest BCUT2D eigenvalue weighted by Crippen LogP contribution is -1.98. The molecule has 0 unspecified atom stereocenters. The zero-order valence-electron chi connectivity index (χ0n) is 7.37. The average Bonchev–Trinajstić information content (AvgIpc) is 2.18. The number of halogens is 2. The smallest absolute Gasteiger partial charge is 0.335 e. The number of carbonyl (C=O) groups is 1. The van der Waals surface area contributed by atoms with Gasteiger partial charge in [0.2, 0.25) is 0 Å². The molecule has 0 heterocycles. The van der Waals surface area contributed by atoms with Gasteiger partial charge in [-0.3, -0.25) is 4.79 Å². The van der Waals surface area contributed by atoms with Gasteiger partial charge >= 0.3 is 5.97 Å². The van der Waals surface area contributed by atoms with Gasteiger partial charge in [0, 0.05) is 4.47 Å². The molecule has 0 spiro atoms. The van der Waals surface area contributed by atoms with Gasteiger partial charge in [0.1, 0.15) is 0 Å². The fraction of sp³-hybridized carbons (Fsp3) is 0. The van der Waals surface area contributed by atoms with Crippen molar-refractivity contribution in [2.75, 3.05) is 0 Å². The number of carboxylic acids is 1. The van der Waals surface area contributed by atoms with E-state index in [0.29, 0.717) is 10.0 Å². The summed E-state index contributed by atoms with van der Waals surface area (Å²) < 4.78 is 0.650. The largest absolute Gasteiger partial charge is 0.486 e. The zero-order chi connectivity index (χ0) is 11.4. The summed E-state index contributed by atoms with van der Waals surface area (Å²) in [7, 11) is 0. The maximum Gasteiger partial charge on any atom is 0.335 e. The summed E-state index contributed by atoms with van der Waals surface area (Å²) in [6.45, 7) is 6.73. The van der Waals surface area contributed by atoms with Crippen molar-refractivity contribution in [3.63, 3.8) is 0 Å². The monoisotopic (exact) mass is 285 g/mol. The molecule has 15 heavy (non-hydrogen) atoms. The van der Waals surface area contributed by atoms with Gasteiger partial charge in [0.15, 0.2) is 0 Å². The molecule has 76 valence electrons. The lowest BCUT2D eigenvalue weighted by Gasteiger charge is -2.03. The van der Waals surface area contributed by atoms with E-state index in [9.17, 15) is 4.79 Å². The number of aliphatic carboxylic acids is 1. The fourth-order valence-electron chi connectivity index (χ4n) is 0.958. The molecule has 0 radical (unpaired) electrons. The molecule has 0 aromatic heterocycles. The third-order valence-electron chi connectivity index (χ3n) is 1.63. The minimum Gasteiger partial charge on any atom is -0.486 e. The highest BCUT2D eigenvalue weighted by atomic mass is 79.9. The first-order chi connectivity index (χ1) is 7.07. The van der Waals surface area contributed by atoms with E-state index in [1.165, 1.54) is 0 Å². The molecule has 1 N–H and O–H groups in total. The van der Waals surface area contributed by atoms with E-state index in [0.717, 1.165) is 0 Å². The van der Waals surface area contributed by atoms with Gasteiger partial charge in [-0.05, 0) is 11.6 Å². The molecule has 0 fully saturated rings. The summed E-state index contributed by atoms with van der Waals surface area (Å²) in [6, 6.07) is 6.85. The highest BCUT2D eigenvalue weighted by Gasteiger charge is 2.16. The van der Waals surface area contributed by atoms with Gasteiger partial charge < -0.3 is 5.11 Å². The summed E-state index contributed by atoms with van der Waals surface area (Å²) in [5.41, 5.74) is 0.0103. The summed E-state index contributed by atoms with van der Waals surface area (Å²) in [4.78, 5) is 13.6. The van der Waals surface area contributed by atoms with Crippen molar-refractivity contribution < 1.29 is 9.90 Å². The number of hydrogen-bond donors (Lipinski definition) is 1. The third-order valence-corrected chi connectivity index (χ3v) is 2.71. The van der Waals surface area contributed by atoms with Crippen molar-refractivity contribution in [1.29, 1.82) is 0 Å². The van der Waals surface area contributed by atoms with Gasteiger partial charge in [-0.1, -0.05) is 45.7 Å². The van der Waals surface area contributed by atoms with Crippen LogP contribution in [0.2, 0.25) is 0 Å². The zero-order valence-corrected chi connectivity index (χ0v) is 9.71. The molecule has 1 aromatic rings. The summed E-state index contributed by atoms with van der Waals surface area (Å²) in [5.74, 6) is -1.33. The molecular weight excluding hydrogens is 281 g/mol. The van der Waals surface area contributed by atoms with Crippen LogP contribution in [-0.2, 0) is 4.79 Å². The van der Waals surface area contributed by atoms with Gasteiger partial charge in [-0.25, -0.2) is 4.85 Å². The maximum atomic E-state index is 10.7. The van der Waals surface area contributed by atoms with Crippen LogP contribution >= 0.6 is 27.5 Å². The third kappa shape index (κ3) is 2.58. The molecule has 0 saturated carbocycles. The predicted octanol–water partition coefficient (Wildman–Crippen LogP) is 3.36. The van der Waals surface area contributed by atoms with Crippen molar-refractivity contribution in [1.82, 2.24) is 0 Å². The predicted molar refractivity (Wildman–Crippen MR) is 61.2 cm³/mol. The van der Waals surface area contributed by atoms with Crippen LogP contribution in [0.1, 0.15) is 5.56 Å². The molecule has 0 aliphatic carbocycles. The fourth-order valence-corrected chi connectivity index (χ4v) is 1.84. The van der Waals surface area contributed by atoms with E-state index in [2.05, 4.69) is 20.8 Å². The number of nitrogens with zero attached hydrogens (tertiary/aromatic N) is 1. The second-order valence-corrected chi connectivity index (χ2v) is 3.79. The molecule has 0 saturated heterocycles. The average molecular weight is 287 g/mol.